The molecule has 8 unspecified atom stereocenters. The van der Waals surface area contributed by atoms with Crippen LogP contribution in [-0.2, 0) is 19.1 Å². The molecule has 0 spiro atoms. The summed E-state index contributed by atoms with van der Waals surface area (Å²) in [5.41, 5.74) is -0.0420. The Labute approximate surface area is 238 Å². The summed E-state index contributed by atoms with van der Waals surface area (Å²) in [6.07, 6.45) is 14.7. The maximum Gasteiger partial charge on any atom is 0.335 e. The Bertz CT molecular complexity index is 1110. The van der Waals surface area contributed by atoms with Crippen molar-refractivity contribution in [2.24, 2.45) is 28.6 Å². The molecular weight excluding hydrogens is 508 g/mol. The Morgan fingerprint density at radius 2 is 1.68 bits per heavy atom. The minimum absolute atomic E-state index is 0.00184. The Kier molecular flexibility index (Phi) is 8.52. The molecule has 0 amide bonds. The Hall–Kier alpha value is -2.15. The lowest BCUT2D eigenvalue weighted by Gasteiger charge is -2.63. The van der Waals surface area contributed by atoms with Gasteiger partial charge in [0.2, 0.25) is 0 Å². The average molecular weight is 557 g/mol. The molecule has 7 heteroatoms. The van der Waals surface area contributed by atoms with Gasteiger partial charge in [-0.15, -0.1) is 0 Å². The second-order valence-corrected chi connectivity index (χ2v) is 13.7. The van der Waals surface area contributed by atoms with Gasteiger partial charge in [0.25, 0.3) is 0 Å². The van der Waals surface area contributed by atoms with Gasteiger partial charge in [0.05, 0.1) is 19.0 Å². The topological polar surface area (TPSA) is 103 Å². The summed E-state index contributed by atoms with van der Waals surface area (Å²) in [4.78, 5) is 35.3. The molecule has 1 heterocycles. The van der Waals surface area contributed by atoms with Crippen LogP contribution in [0.15, 0.2) is 27.6 Å². The van der Waals surface area contributed by atoms with Gasteiger partial charge in [-0.25, -0.2) is 4.79 Å². The van der Waals surface area contributed by atoms with E-state index in [1.54, 1.807) is 6.26 Å². The van der Waals surface area contributed by atoms with Gasteiger partial charge < -0.3 is 19.0 Å². The smallest absolute Gasteiger partial charge is 0.335 e. The zero-order chi connectivity index (χ0) is 28.5. The van der Waals surface area contributed by atoms with Crippen LogP contribution in [0.3, 0.4) is 0 Å². The molecule has 1 aromatic heterocycles. The molecule has 8 atom stereocenters. The van der Waals surface area contributed by atoms with E-state index in [0.717, 1.165) is 89.0 Å². The van der Waals surface area contributed by atoms with E-state index in [1.807, 2.05) is 6.07 Å². The molecule has 7 nitrogen and oxygen atoms in total. The van der Waals surface area contributed by atoms with Gasteiger partial charge in [0, 0.05) is 24.3 Å². The van der Waals surface area contributed by atoms with Crippen molar-refractivity contribution in [3.05, 3.63) is 34.4 Å². The minimum atomic E-state index is -0.704. The number of hydrogen-bond donors (Lipinski definition) is 1. The number of carbonyl (C=O) groups excluding carboxylic acids is 2. The summed E-state index contributed by atoms with van der Waals surface area (Å²) in [5, 5.41) is 12.4. The van der Waals surface area contributed by atoms with E-state index in [0.29, 0.717) is 24.7 Å². The van der Waals surface area contributed by atoms with Gasteiger partial charge in [-0.3, -0.25) is 9.59 Å². The number of rotatable bonds is 9. The monoisotopic (exact) mass is 556 g/mol. The van der Waals surface area contributed by atoms with E-state index >= 15 is 0 Å². The molecule has 1 N–H and O–H groups in total. The highest BCUT2D eigenvalue weighted by atomic mass is 16.5. The van der Waals surface area contributed by atoms with E-state index in [4.69, 9.17) is 9.15 Å². The molecule has 40 heavy (non-hydrogen) atoms. The predicted molar refractivity (Wildman–Crippen MR) is 151 cm³/mol. The van der Waals surface area contributed by atoms with Crippen LogP contribution in [0, 0.1) is 28.6 Å². The first kappa shape index (κ1) is 29.3. The van der Waals surface area contributed by atoms with Gasteiger partial charge in [0.1, 0.15) is 6.10 Å². The fourth-order valence-corrected chi connectivity index (χ4v) is 9.63. The quantitative estimate of drug-likeness (QED) is 0.281. The van der Waals surface area contributed by atoms with Crippen LogP contribution in [0.5, 0.6) is 0 Å². The van der Waals surface area contributed by atoms with Gasteiger partial charge in [0.15, 0.2) is 0 Å². The van der Waals surface area contributed by atoms with E-state index in [9.17, 15) is 19.5 Å². The largest absolute Gasteiger partial charge is 0.469 e. The first-order chi connectivity index (χ1) is 19.1. The lowest BCUT2D eigenvalue weighted by atomic mass is 9.43. The number of ether oxygens (including phenoxy) is 2. The Morgan fingerprint density at radius 3 is 2.38 bits per heavy atom. The summed E-state index contributed by atoms with van der Waals surface area (Å²) in [7, 11) is 1.41. The third kappa shape index (κ3) is 5.28. The van der Waals surface area contributed by atoms with Crippen LogP contribution in [0.25, 0.3) is 0 Å². The zero-order valence-corrected chi connectivity index (χ0v) is 24.6. The van der Waals surface area contributed by atoms with Gasteiger partial charge in [-0.1, -0.05) is 26.7 Å². The van der Waals surface area contributed by atoms with Crippen LogP contribution in [0.2, 0.25) is 0 Å². The number of methoxy groups -OCH3 is 1. The van der Waals surface area contributed by atoms with Crippen molar-refractivity contribution < 1.29 is 28.6 Å². The van der Waals surface area contributed by atoms with E-state index < -0.39 is 5.60 Å². The molecule has 0 radical (unpaired) electrons. The maximum atomic E-state index is 12.6. The summed E-state index contributed by atoms with van der Waals surface area (Å²) in [6.45, 7) is 4.72. The normalized spacial score (nSPS) is 38.5. The van der Waals surface area contributed by atoms with Gasteiger partial charge in [-0.05, 0) is 111 Å². The minimum Gasteiger partial charge on any atom is -0.469 e. The van der Waals surface area contributed by atoms with Crippen LogP contribution < -0.4 is 5.63 Å². The van der Waals surface area contributed by atoms with Crippen molar-refractivity contribution >= 4 is 11.9 Å². The van der Waals surface area contributed by atoms with Crippen molar-refractivity contribution in [3.63, 3.8) is 0 Å². The van der Waals surface area contributed by atoms with Crippen molar-refractivity contribution in [2.75, 3.05) is 7.11 Å². The number of esters is 2. The summed E-state index contributed by atoms with van der Waals surface area (Å²) in [5.74, 6) is 1.23. The summed E-state index contributed by atoms with van der Waals surface area (Å²) >= 11 is 0. The molecule has 0 aliphatic heterocycles. The average Bonchev–Trinajstić information content (AvgIpc) is 3.22. The SMILES string of the molecule is COC(=O)CCCCCCC(=O)OC1CCC2(C)C(CCC3C2CCC2(C)C(c4ccc(=O)oc4)CCC32O)C1. The highest BCUT2D eigenvalue weighted by Gasteiger charge is 2.67. The number of unbranched alkanes of at least 4 members (excludes halogenated alkanes) is 3. The van der Waals surface area contributed by atoms with E-state index in [1.165, 1.54) is 13.2 Å². The second kappa shape index (κ2) is 11.6. The van der Waals surface area contributed by atoms with Crippen LogP contribution in [0.4, 0.5) is 0 Å². The van der Waals surface area contributed by atoms with E-state index in [-0.39, 0.29) is 46.3 Å². The van der Waals surface area contributed by atoms with Crippen LogP contribution >= 0.6 is 0 Å². The number of hydrogen-bond acceptors (Lipinski definition) is 7. The number of aliphatic hydroxyl groups is 1. The standard InChI is InChI=1S/C33H48O7/c1-31-17-14-24(40-30(36)9-7-5-4-6-8-28(34)38-3)20-23(31)11-12-27-26(31)15-18-32(2)25(16-19-33(27,32)37)22-10-13-29(35)39-21-22/h10,13,21,23-27,37H,4-9,11-12,14-20H2,1-3H3. The predicted octanol–water partition coefficient (Wildman–Crippen LogP) is 6.31. The Morgan fingerprint density at radius 1 is 0.925 bits per heavy atom. The molecule has 5 rings (SSSR count). The molecule has 1 aromatic rings. The summed E-state index contributed by atoms with van der Waals surface area (Å²) < 4.78 is 15.9. The summed E-state index contributed by atoms with van der Waals surface area (Å²) in [6, 6.07) is 3.40. The van der Waals surface area contributed by atoms with E-state index in [2.05, 4.69) is 18.6 Å². The van der Waals surface area contributed by atoms with Gasteiger partial charge in [-0.2, -0.15) is 0 Å². The molecule has 4 aliphatic rings. The molecule has 0 saturated heterocycles. The lowest BCUT2D eigenvalue weighted by molar-refractivity contribution is -0.207. The molecular formula is C33H48O7. The van der Waals surface area contributed by atoms with Gasteiger partial charge >= 0.3 is 17.6 Å². The fourth-order valence-electron chi connectivity index (χ4n) is 9.63. The molecule has 4 fully saturated rings. The molecule has 4 saturated carbocycles. The molecule has 222 valence electrons. The van der Waals surface area contributed by atoms with Crippen molar-refractivity contribution in [1.29, 1.82) is 0 Å². The van der Waals surface area contributed by atoms with Crippen molar-refractivity contribution in [3.8, 4) is 0 Å². The Balaban J connectivity index is 1.16. The second-order valence-electron chi connectivity index (χ2n) is 13.7. The molecule has 0 bridgehead atoms. The van der Waals surface area contributed by atoms with Crippen molar-refractivity contribution in [2.45, 2.75) is 128 Å². The maximum absolute atomic E-state index is 12.6. The number of fused-ring (bicyclic) bond motifs is 5. The third-order valence-corrected chi connectivity index (χ3v) is 12.0. The molecule has 0 aromatic carbocycles. The van der Waals surface area contributed by atoms with Crippen LogP contribution in [-0.4, -0.2) is 35.9 Å². The molecule has 4 aliphatic carbocycles. The zero-order valence-electron chi connectivity index (χ0n) is 24.6. The number of carbonyl (C=O) groups is 2. The first-order valence-corrected chi connectivity index (χ1v) is 15.7. The lowest BCUT2D eigenvalue weighted by Crippen LogP contribution is -2.62. The first-order valence-electron chi connectivity index (χ1n) is 15.7. The third-order valence-electron chi connectivity index (χ3n) is 12.0. The van der Waals surface area contributed by atoms with Crippen LogP contribution in [0.1, 0.15) is 122 Å². The van der Waals surface area contributed by atoms with Crippen molar-refractivity contribution in [1.82, 2.24) is 0 Å². The highest BCUT2D eigenvalue weighted by Crippen LogP contribution is 2.70. The highest BCUT2D eigenvalue weighted by molar-refractivity contribution is 5.69. The fraction of sp³-hybridized carbons (Fsp3) is 0.788.